The van der Waals surface area contributed by atoms with Crippen LogP contribution in [0.1, 0.15) is 11.9 Å². The molecule has 0 amide bonds. The number of pyridine rings is 1. The maximum atomic E-state index is 9.23. The van der Waals surface area contributed by atoms with Crippen molar-refractivity contribution in [3.05, 3.63) is 48.2 Å². The standard InChI is InChI=1S/C14H15NO3/c1-17-14(18-2)11-5-8-13(15-9-11)10-3-6-12(16)7-4-10/h3-9,14,16H,1-2H3. The van der Waals surface area contributed by atoms with Crippen molar-refractivity contribution in [3.63, 3.8) is 0 Å². The highest BCUT2D eigenvalue weighted by molar-refractivity contribution is 5.59. The average molecular weight is 245 g/mol. The molecule has 0 aliphatic heterocycles. The fourth-order valence-electron chi connectivity index (χ4n) is 1.72. The molecular formula is C14H15NO3. The third kappa shape index (κ3) is 2.67. The van der Waals surface area contributed by atoms with Gasteiger partial charge in [-0.05, 0) is 30.3 Å². The van der Waals surface area contributed by atoms with Gasteiger partial charge in [0.05, 0.1) is 5.69 Å². The lowest BCUT2D eigenvalue weighted by atomic mass is 10.1. The number of benzene rings is 1. The monoisotopic (exact) mass is 245 g/mol. The topological polar surface area (TPSA) is 51.6 Å². The van der Waals surface area contributed by atoms with E-state index in [1.54, 1.807) is 32.5 Å². The number of aromatic nitrogens is 1. The summed E-state index contributed by atoms with van der Waals surface area (Å²) >= 11 is 0. The average Bonchev–Trinajstić information content (AvgIpc) is 2.42. The largest absolute Gasteiger partial charge is 0.508 e. The van der Waals surface area contributed by atoms with Crippen molar-refractivity contribution < 1.29 is 14.6 Å². The molecule has 1 aromatic heterocycles. The summed E-state index contributed by atoms with van der Waals surface area (Å²) in [5.74, 6) is 0.245. The Bertz CT molecular complexity index is 489. The summed E-state index contributed by atoms with van der Waals surface area (Å²) in [7, 11) is 3.17. The van der Waals surface area contributed by atoms with Crippen LogP contribution in [-0.4, -0.2) is 24.3 Å². The number of aromatic hydroxyl groups is 1. The van der Waals surface area contributed by atoms with Crippen LogP contribution in [0.3, 0.4) is 0 Å². The second-order valence-corrected chi connectivity index (χ2v) is 3.83. The van der Waals surface area contributed by atoms with Crippen LogP contribution in [0.25, 0.3) is 11.3 Å². The normalized spacial score (nSPS) is 10.8. The Balaban J connectivity index is 2.24. The molecule has 4 nitrogen and oxygen atoms in total. The van der Waals surface area contributed by atoms with Crippen molar-refractivity contribution in [2.45, 2.75) is 6.29 Å². The van der Waals surface area contributed by atoms with Gasteiger partial charge in [0.2, 0.25) is 0 Å². The van der Waals surface area contributed by atoms with E-state index >= 15 is 0 Å². The first-order valence-electron chi connectivity index (χ1n) is 5.55. The molecule has 0 aliphatic carbocycles. The lowest BCUT2D eigenvalue weighted by molar-refractivity contribution is -0.106. The molecule has 1 N–H and O–H groups in total. The Labute approximate surface area is 106 Å². The van der Waals surface area contributed by atoms with Crippen LogP contribution in [0.5, 0.6) is 5.75 Å². The number of ether oxygens (including phenoxy) is 2. The molecule has 0 unspecified atom stereocenters. The first-order chi connectivity index (χ1) is 8.74. The zero-order valence-corrected chi connectivity index (χ0v) is 10.3. The van der Waals surface area contributed by atoms with E-state index in [-0.39, 0.29) is 5.75 Å². The molecule has 1 aromatic carbocycles. The Morgan fingerprint density at radius 1 is 1.00 bits per heavy atom. The first-order valence-corrected chi connectivity index (χ1v) is 5.55. The Hall–Kier alpha value is -1.91. The summed E-state index contributed by atoms with van der Waals surface area (Å²) < 4.78 is 10.3. The molecule has 0 fully saturated rings. The van der Waals surface area contributed by atoms with Crippen LogP contribution in [0.2, 0.25) is 0 Å². The van der Waals surface area contributed by atoms with Crippen molar-refractivity contribution in [1.29, 1.82) is 0 Å². The molecular weight excluding hydrogens is 230 g/mol. The molecule has 94 valence electrons. The highest BCUT2D eigenvalue weighted by Crippen LogP contribution is 2.22. The summed E-state index contributed by atoms with van der Waals surface area (Å²) in [5.41, 5.74) is 2.65. The molecule has 4 heteroatoms. The third-order valence-electron chi connectivity index (χ3n) is 2.65. The summed E-state index contributed by atoms with van der Waals surface area (Å²) in [6.07, 6.45) is 1.33. The van der Waals surface area contributed by atoms with Crippen LogP contribution >= 0.6 is 0 Å². The summed E-state index contributed by atoms with van der Waals surface area (Å²) in [4.78, 5) is 4.35. The minimum Gasteiger partial charge on any atom is -0.508 e. The van der Waals surface area contributed by atoms with E-state index in [2.05, 4.69) is 4.98 Å². The van der Waals surface area contributed by atoms with Gasteiger partial charge in [-0.2, -0.15) is 0 Å². The van der Waals surface area contributed by atoms with Gasteiger partial charge in [0.1, 0.15) is 5.75 Å². The van der Waals surface area contributed by atoms with Gasteiger partial charge in [-0.3, -0.25) is 4.98 Å². The van der Waals surface area contributed by atoms with Crippen LogP contribution in [-0.2, 0) is 9.47 Å². The van der Waals surface area contributed by atoms with E-state index in [1.165, 1.54) is 0 Å². The highest BCUT2D eigenvalue weighted by Gasteiger charge is 2.09. The van der Waals surface area contributed by atoms with E-state index in [0.29, 0.717) is 0 Å². The SMILES string of the molecule is COC(OC)c1ccc(-c2ccc(O)cc2)nc1. The van der Waals surface area contributed by atoms with E-state index in [1.807, 2.05) is 24.3 Å². The second-order valence-electron chi connectivity index (χ2n) is 3.83. The molecule has 0 spiro atoms. The Morgan fingerprint density at radius 2 is 1.67 bits per heavy atom. The highest BCUT2D eigenvalue weighted by atomic mass is 16.7. The molecule has 0 atom stereocenters. The molecule has 0 radical (unpaired) electrons. The van der Waals surface area contributed by atoms with Gasteiger partial charge < -0.3 is 14.6 Å². The van der Waals surface area contributed by atoms with Gasteiger partial charge in [-0.25, -0.2) is 0 Å². The van der Waals surface area contributed by atoms with Crippen LogP contribution in [0, 0.1) is 0 Å². The summed E-state index contributed by atoms with van der Waals surface area (Å²) in [5, 5.41) is 9.23. The number of methoxy groups -OCH3 is 2. The van der Waals surface area contributed by atoms with Crippen molar-refractivity contribution >= 4 is 0 Å². The molecule has 0 saturated heterocycles. The molecule has 0 aliphatic rings. The lowest BCUT2D eigenvalue weighted by Crippen LogP contribution is -2.03. The van der Waals surface area contributed by atoms with Gasteiger partial charge in [0.15, 0.2) is 6.29 Å². The second kappa shape index (κ2) is 5.62. The molecule has 0 saturated carbocycles. The van der Waals surface area contributed by atoms with Crippen molar-refractivity contribution in [3.8, 4) is 17.0 Å². The van der Waals surface area contributed by atoms with E-state index in [0.717, 1.165) is 16.8 Å². The molecule has 0 bridgehead atoms. The predicted octanol–water partition coefficient (Wildman–Crippen LogP) is 2.75. The molecule has 2 rings (SSSR count). The number of rotatable bonds is 4. The van der Waals surface area contributed by atoms with E-state index < -0.39 is 6.29 Å². The quantitative estimate of drug-likeness (QED) is 0.841. The minimum atomic E-state index is -0.397. The molecule has 1 heterocycles. The Kier molecular flexibility index (Phi) is 3.92. The fraction of sp³-hybridized carbons (Fsp3) is 0.214. The zero-order valence-electron chi connectivity index (χ0n) is 10.3. The van der Waals surface area contributed by atoms with Crippen molar-refractivity contribution in [1.82, 2.24) is 4.98 Å². The van der Waals surface area contributed by atoms with Gasteiger partial charge in [0, 0.05) is 31.5 Å². The number of phenolic OH excluding ortho intramolecular Hbond substituents is 1. The first kappa shape index (κ1) is 12.5. The van der Waals surface area contributed by atoms with Crippen LogP contribution < -0.4 is 0 Å². The maximum Gasteiger partial charge on any atom is 0.184 e. The van der Waals surface area contributed by atoms with Gasteiger partial charge in [-0.15, -0.1) is 0 Å². The number of phenols is 1. The fourth-order valence-corrected chi connectivity index (χ4v) is 1.72. The smallest absolute Gasteiger partial charge is 0.184 e. The van der Waals surface area contributed by atoms with E-state index in [4.69, 9.17) is 9.47 Å². The minimum absolute atomic E-state index is 0.245. The van der Waals surface area contributed by atoms with E-state index in [9.17, 15) is 5.11 Å². The molecule has 2 aromatic rings. The molecule has 18 heavy (non-hydrogen) atoms. The maximum absolute atomic E-state index is 9.23. The van der Waals surface area contributed by atoms with Crippen LogP contribution in [0.4, 0.5) is 0 Å². The van der Waals surface area contributed by atoms with Crippen molar-refractivity contribution in [2.24, 2.45) is 0 Å². The predicted molar refractivity (Wildman–Crippen MR) is 68.1 cm³/mol. The number of nitrogens with zero attached hydrogens (tertiary/aromatic N) is 1. The van der Waals surface area contributed by atoms with Gasteiger partial charge in [0.25, 0.3) is 0 Å². The Morgan fingerprint density at radius 3 is 2.17 bits per heavy atom. The van der Waals surface area contributed by atoms with Crippen LogP contribution in [0.15, 0.2) is 42.6 Å². The van der Waals surface area contributed by atoms with Crippen molar-refractivity contribution in [2.75, 3.05) is 14.2 Å². The lowest BCUT2D eigenvalue weighted by Gasteiger charge is -2.13. The van der Waals surface area contributed by atoms with Gasteiger partial charge in [-0.1, -0.05) is 6.07 Å². The number of hydrogen-bond acceptors (Lipinski definition) is 4. The zero-order chi connectivity index (χ0) is 13.0. The number of hydrogen-bond donors (Lipinski definition) is 1. The summed E-state index contributed by atoms with van der Waals surface area (Å²) in [6.45, 7) is 0. The van der Waals surface area contributed by atoms with Gasteiger partial charge >= 0.3 is 0 Å². The summed E-state index contributed by atoms with van der Waals surface area (Å²) in [6, 6.07) is 10.7. The third-order valence-corrected chi connectivity index (χ3v) is 2.65.